The molecule has 10 heteroatoms. The number of thioether (sulfide) groups is 1. The van der Waals surface area contributed by atoms with Crippen molar-refractivity contribution in [3.05, 3.63) is 47.7 Å². The Morgan fingerprint density at radius 2 is 1.93 bits per heavy atom. The van der Waals surface area contributed by atoms with Crippen LogP contribution in [0.15, 0.2) is 46.5 Å². The third kappa shape index (κ3) is 5.18. The Morgan fingerprint density at radius 3 is 2.57 bits per heavy atom. The van der Waals surface area contributed by atoms with Gasteiger partial charge in [0.15, 0.2) is 0 Å². The SMILES string of the molecule is COC(=O)c1ccc(C)c(NC(=O)CSc2ccc(S(=O)(=O)N3CCCC3)cn2)c1. The lowest BCUT2D eigenvalue weighted by Gasteiger charge is -2.15. The van der Waals surface area contributed by atoms with E-state index in [-0.39, 0.29) is 16.6 Å². The highest BCUT2D eigenvalue weighted by Crippen LogP contribution is 2.23. The lowest BCUT2D eigenvalue weighted by atomic mass is 10.1. The summed E-state index contributed by atoms with van der Waals surface area (Å²) in [7, 11) is -2.20. The summed E-state index contributed by atoms with van der Waals surface area (Å²) in [6.07, 6.45) is 3.08. The van der Waals surface area contributed by atoms with Crippen LogP contribution < -0.4 is 5.32 Å². The average Bonchev–Trinajstić information content (AvgIpc) is 3.29. The second kappa shape index (κ2) is 9.59. The first-order chi connectivity index (χ1) is 14.3. The molecule has 0 radical (unpaired) electrons. The van der Waals surface area contributed by atoms with Gasteiger partial charge in [0, 0.05) is 25.0 Å². The molecular weight excluding hydrogens is 426 g/mol. The quantitative estimate of drug-likeness (QED) is 0.512. The van der Waals surface area contributed by atoms with Gasteiger partial charge < -0.3 is 10.1 Å². The number of nitrogens with zero attached hydrogens (tertiary/aromatic N) is 2. The zero-order valence-corrected chi connectivity index (χ0v) is 18.4. The van der Waals surface area contributed by atoms with Crippen LogP contribution in [0.2, 0.25) is 0 Å². The van der Waals surface area contributed by atoms with E-state index in [0.29, 0.717) is 29.4 Å². The van der Waals surface area contributed by atoms with Crippen molar-refractivity contribution in [3.8, 4) is 0 Å². The molecule has 2 heterocycles. The molecule has 1 amide bonds. The van der Waals surface area contributed by atoms with Gasteiger partial charge in [-0.05, 0) is 49.6 Å². The Hall–Kier alpha value is -2.43. The van der Waals surface area contributed by atoms with Crippen molar-refractivity contribution in [2.45, 2.75) is 29.7 Å². The Bertz CT molecular complexity index is 1030. The van der Waals surface area contributed by atoms with E-state index in [0.717, 1.165) is 18.4 Å². The first-order valence-electron chi connectivity index (χ1n) is 9.39. The summed E-state index contributed by atoms with van der Waals surface area (Å²) >= 11 is 1.20. The molecule has 160 valence electrons. The van der Waals surface area contributed by atoms with E-state index in [2.05, 4.69) is 10.3 Å². The molecule has 0 atom stereocenters. The molecule has 1 aromatic heterocycles. The summed E-state index contributed by atoms with van der Waals surface area (Å²) in [5, 5.41) is 3.32. The molecule has 3 rings (SSSR count). The Labute approximate surface area is 180 Å². The van der Waals surface area contributed by atoms with Crippen LogP contribution >= 0.6 is 11.8 Å². The number of hydrogen-bond donors (Lipinski definition) is 1. The highest BCUT2D eigenvalue weighted by Gasteiger charge is 2.27. The topological polar surface area (TPSA) is 106 Å². The maximum atomic E-state index is 12.5. The largest absolute Gasteiger partial charge is 0.465 e. The van der Waals surface area contributed by atoms with Gasteiger partial charge in [-0.15, -0.1) is 0 Å². The van der Waals surface area contributed by atoms with Crippen LogP contribution in [0, 0.1) is 6.92 Å². The summed E-state index contributed by atoms with van der Waals surface area (Å²) in [5.41, 5.74) is 1.70. The van der Waals surface area contributed by atoms with Gasteiger partial charge in [-0.1, -0.05) is 17.8 Å². The minimum absolute atomic E-state index is 0.0904. The molecule has 8 nitrogen and oxygen atoms in total. The number of aromatic nitrogens is 1. The monoisotopic (exact) mass is 449 g/mol. The number of ether oxygens (including phenoxy) is 1. The number of rotatable bonds is 7. The number of benzene rings is 1. The van der Waals surface area contributed by atoms with Gasteiger partial charge >= 0.3 is 5.97 Å². The number of carbonyl (C=O) groups is 2. The average molecular weight is 450 g/mol. The first-order valence-corrected chi connectivity index (χ1v) is 11.8. The van der Waals surface area contributed by atoms with Crippen molar-refractivity contribution in [1.82, 2.24) is 9.29 Å². The van der Waals surface area contributed by atoms with Gasteiger partial charge in [0.1, 0.15) is 4.90 Å². The van der Waals surface area contributed by atoms with E-state index in [1.807, 2.05) is 6.92 Å². The number of methoxy groups -OCH3 is 1. The minimum atomic E-state index is -3.50. The molecule has 0 spiro atoms. The van der Waals surface area contributed by atoms with Gasteiger partial charge in [0.2, 0.25) is 15.9 Å². The van der Waals surface area contributed by atoms with Crippen LogP contribution in [-0.2, 0) is 19.6 Å². The second-order valence-electron chi connectivity index (χ2n) is 6.80. The first kappa shape index (κ1) is 22.3. The number of esters is 1. The van der Waals surface area contributed by atoms with Crippen molar-refractivity contribution in [2.24, 2.45) is 0 Å². The summed E-state index contributed by atoms with van der Waals surface area (Å²) in [4.78, 5) is 28.3. The predicted octanol–water partition coefficient (Wildman–Crippen LogP) is 2.69. The number of amides is 1. The molecule has 0 unspecified atom stereocenters. The van der Waals surface area contributed by atoms with Crippen LogP contribution in [0.1, 0.15) is 28.8 Å². The number of sulfonamides is 1. The van der Waals surface area contributed by atoms with Gasteiger partial charge in [-0.3, -0.25) is 4.79 Å². The maximum absolute atomic E-state index is 12.5. The minimum Gasteiger partial charge on any atom is -0.465 e. The molecule has 0 bridgehead atoms. The number of nitrogens with one attached hydrogen (secondary N) is 1. The third-order valence-corrected chi connectivity index (χ3v) is 7.52. The summed E-state index contributed by atoms with van der Waals surface area (Å²) < 4.78 is 31.2. The summed E-state index contributed by atoms with van der Waals surface area (Å²) in [5.74, 6) is -0.652. The lowest BCUT2D eigenvalue weighted by Crippen LogP contribution is -2.27. The Kier molecular flexibility index (Phi) is 7.11. The van der Waals surface area contributed by atoms with Crippen molar-refractivity contribution in [1.29, 1.82) is 0 Å². The van der Waals surface area contributed by atoms with E-state index in [1.165, 1.54) is 35.4 Å². The molecule has 1 aliphatic rings. The number of hydrogen-bond acceptors (Lipinski definition) is 7. The number of anilines is 1. The fourth-order valence-corrected chi connectivity index (χ4v) is 5.12. The summed E-state index contributed by atoms with van der Waals surface area (Å²) in [6.45, 7) is 2.90. The van der Waals surface area contributed by atoms with Crippen molar-refractivity contribution in [2.75, 3.05) is 31.3 Å². The second-order valence-corrected chi connectivity index (χ2v) is 9.74. The number of carbonyl (C=O) groups excluding carboxylic acids is 2. The standard InChI is InChI=1S/C20H23N3O5S2/c1-14-5-6-15(20(25)28-2)11-17(14)22-18(24)13-29-19-8-7-16(12-21-19)30(26,27)23-9-3-4-10-23/h5-8,11-12H,3-4,9-10,13H2,1-2H3,(H,22,24). The van der Waals surface area contributed by atoms with Crippen molar-refractivity contribution >= 4 is 39.3 Å². The van der Waals surface area contributed by atoms with E-state index in [9.17, 15) is 18.0 Å². The van der Waals surface area contributed by atoms with Crippen LogP contribution in [0.5, 0.6) is 0 Å². The normalized spacial score (nSPS) is 14.5. The highest BCUT2D eigenvalue weighted by atomic mass is 32.2. The van der Waals surface area contributed by atoms with Crippen molar-refractivity contribution in [3.63, 3.8) is 0 Å². The zero-order valence-electron chi connectivity index (χ0n) is 16.8. The van der Waals surface area contributed by atoms with Crippen LogP contribution in [-0.4, -0.2) is 55.5 Å². The Balaban J connectivity index is 1.59. The van der Waals surface area contributed by atoms with Gasteiger partial charge in [0.05, 0.1) is 23.5 Å². The number of aryl methyl sites for hydroxylation is 1. The zero-order chi connectivity index (χ0) is 21.7. The van der Waals surface area contributed by atoms with Crippen LogP contribution in [0.25, 0.3) is 0 Å². The predicted molar refractivity (Wildman–Crippen MR) is 114 cm³/mol. The fraction of sp³-hybridized carbons (Fsp3) is 0.350. The molecule has 0 saturated carbocycles. The van der Waals surface area contributed by atoms with E-state index < -0.39 is 16.0 Å². The smallest absolute Gasteiger partial charge is 0.337 e. The molecule has 1 aromatic carbocycles. The molecule has 1 fully saturated rings. The molecule has 2 aromatic rings. The molecule has 30 heavy (non-hydrogen) atoms. The molecular formula is C20H23N3O5S2. The maximum Gasteiger partial charge on any atom is 0.337 e. The molecule has 1 aliphatic heterocycles. The lowest BCUT2D eigenvalue weighted by molar-refractivity contribution is -0.113. The van der Waals surface area contributed by atoms with Crippen LogP contribution in [0.4, 0.5) is 5.69 Å². The van der Waals surface area contributed by atoms with Crippen molar-refractivity contribution < 1.29 is 22.7 Å². The molecule has 1 saturated heterocycles. The van der Waals surface area contributed by atoms with Gasteiger partial charge in [0.25, 0.3) is 0 Å². The fourth-order valence-electron chi connectivity index (χ4n) is 3.01. The number of pyridine rings is 1. The Morgan fingerprint density at radius 1 is 1.20 bits per heavy atom. The van der Waals surface area contributed by atoms with E-state index in [4.69, 9.17) is 4.74 Å². The highest BCUT2D eigenvalue weighted by molar-refractivity contribution is 7.99. The van der Waals surface area contributed by atoms with E-state index >= 15 is 0 Å². The van der Waals surface area contributed by atoms with Gasteiger partial charge in [-0.25, -0.2) is 18.2 Å². The molecule has 1 N–H and O–H groups in total. The van der Waals surface area contributed by atoms with Gasteiger partial charge in [-0.2, -0.15) is 4.31 Å². The molecule has 0 aliphatic carbocycles. The third-order valence-electron chi connectivity index (χ3n) is 4.70. The van der Waals surface area contributed by atoms with Crippen LogP contribution in [0.3, 0.4) is 0 Å². The van der Waals surface area contributed by atoms with E-state index in [1.54, 1.807) is 24.3 Å². The summed E-state index contributed by atoms with van der Waals surface area (Å²) in [6, 6.07) is 8.05.